The standard InChI is InChI=1S/C28H53N5O8S/c1-23(42-3)13-7-4-10-21-32(40)27(37)16-14-26(36)30-19-9-6-12-22-33(41)28(38)17-15-25(35)29-18-8-5-11-20-31(39)24(2)34/h23,39-41H,4-22H2,1-3H3,(H,29,35)(H,30,36). The Labute approximate surface area is 254 Å². The highest BCUT2D eigenvalue weighted by Gasteiger charge is 2.14. The zero-order valence-electron chi connectivity index (χ0n) is 25.6. The highest BCUT2D eigenvalue weighted by Crippen LogP contribution is 2.14. The van der Waals surface area contributed by atoms with Crippen molar-refractivity contribution in [2.45, 2.75) is 109 Å². The number of carbonyl (C=O) groups excluding carboxylic acids is 5. The number of thioether (sulfide) groups is 1. The van der Waals surface area contributed by atoms with E-state index in [1.807, 2.05) is 11.8 Å². The number of unbranched alkanes of at least 4 members (excludes halogenated alkanes) is 6. The third-order valence-electron chi connectivity index (χ3n) is 6.69. The summed E-state index contributed by atoms with van der Waals surface area (Å²) in [6.07, 6.45) is 9.51. The van der Waals surface area contributed by atoms with Crippen molar-refractivity contribution in [3.05, 3.63) is 0 Å². The summed E-state index contributed by atoms with van der Waals surface area (Å²) in [6, 6.07) is 0. The second-order valence-corrected chi connectivity index (χ2v) is 11.7. The zero-order chi connectivity index (χ0) is 31.8. The molecule has 0 saturated heterocycles. The summed E-state index contributed by atoms with van der Waals surface area (Å²) in [5, 5.41) is 37.0. The van der Waals surface area contributed by atoms with E-state index in [2.05, 4.69) is 23.8 Å². The van der Waals surface area contributed by atoms with Gasteiger partial charge in [0.25, 0.3) is 0 Å². The first-order valence-corrected chi connectivity index (χ1v) is 16.3. The third-order valence-corrected chi connectivity index (χ3v) is 7.73. The fourth-order valence-corrected chi connectivity index (χ4v) is 4.26. The maximum absolute atomic E-state index is 12.0. The van der Waals surface area contributed by atoms with E-state index in [1.165, 1.54) is 6.92 Å². The average Bonchev–Trinajstić information content (AvgIpc) is 2.96. The summed E-state index contributed by atoms with van der Waals surface area (Å²) in [6.45, 7) is 4.90. The highest BCUT2D eigenvalue weighted by atomic mass is 32.2. The van der Waals surface area contributed by atoms with Crippen LogP contribution >= 0.6 is 11.8 Å². The number of nitrogens with zero attached hydrogens (tertiary/aromatic N) is 3. The Kier molecular flexibility index (Phi) is 23.7. The predicted molar refractivity (Wildman–Crippen MR) is 160 cm³/mol. The minimum absolute atomic E-state index is 0.00277. The molecular formula is C28H53N5O8S. The number of hydrogen-bond acceptors (Lipinski definition) is 9. The van der Waals surface area contributed by atoms with Gasteiger partial charge in [-0.3, -0.25) is 39.6 Å². The van der Waals surface area contributed by atoms with Gasteiger partial charge in [-0.05, 0) is 57.6 Å². The van der Waals surface area contributed by atoms with Crippen LogP contribution in [-0.2, 0) is 24.0 Å². The maximum Gasteiger partial charge on any atom is 0.246 e. The number of carbonyl (C=O) groups is 5. The fourth-order valence-electron chi connectivity index (χ4n) is 3.85. The van der Waals surface area contributed by atoms with Crippen molar-refractivity contribution in [3.63, 3.8) is 0 Å². The van der Waals surface area contributed by atoms with Gasteiger partial charge in [0.1, 0.15) is 0 Å². The number of amides is 5. The van der Waals surface area contributed by atoms with Crippen molar-refractivity contribution in [3.8, 4) is 0 Å². The van der Waals surface area contributed by atoms with Crippen LogP contribution in [0.25, 0.3) is 0 Å². The largest absolute Gasteiger partial charge is 0.356 e. The van der Waals surface area contributed by atoms with Gasteiger partial charge in [0.2, 0.25) is 29.5 Å². The molecule has 0 aliphatic heterocycles. The summed E-state index contributed by atoms with van der Waals surface area (Å²) >= 11 is 1.82. The smallest absolute Gasteiger partial charge is 0.246 e. The molecule has 42 heavy (non-hydrogen) atoms. The number of nitrogens with one attached hydrogen (secondary N) is 2. The van der Waals surface area contributed by atoms with E-state index < -0.39 is 17.7 Å². The summed E-state index contributed by atoms with van der Waals surface area (Å²) in [7, 11) is 0. The molecule has 5 amide bonds. The van der Waals surface area contributed by atoms with Crippen molar-refractivity contribution in [2.24, 2.45) is 0 Å². The lowest BCUT2D eigenvalue weighted by molar-refractivity contribution is -0.166. The molecule has 0 heterocycles. The molecule has 0 saturated carbocycles. The van der Waals surface area contributed by atoms with Crippen LogP contribution in [0.15, 0.2) is 0 Å². The van der Waals surface area contributed by atoms with Gasteiger partial charge in [-0.1, -0.05) is 19.8 Å². The molecule has 0 aromatic carbocycles. The van der Waals surface area contributed by atoms with Gasteiger partial charge in [0, 0.05) is 70.6 Å². The number of hydroxylamine groups is 6. The summed E-state index contributed by atoms with van der Waals surface area (Å²) in [5.74, 6) is -1.99. The Morgan fingerprint density at radius 1 is 0.619 bits per heavy atom. The molecule has 14 heteroatoms. The summed E-state index contributed by atoms with van der Waals surface area (Å²) in [5.41, 5.74) is 0. The van der Waals surface area contributed by atoms with Crippen LogP contribution in [0.2, 0.25) is 0 Å². The van der Waals surface area contributed by atoms with Gasteiger partial charge in [0.05, 0.1) is 0 Å². The molecule has 0 spiro atoms. The first-order valence-electron chi connectivity index (χ1n) is 15.0. The van der Waals surface area contributed by atoms with Gasteiger partial charge < -0.3 is 10.6 Å². The first-order chi connectivity index (χ1) is 20.0. The molecule has 0 rings (SSSR count). The summed E-state index contributed by atoms with van der Waals surface area (Å²) in [4.78, 5) is 58.7. The Morgan fingerprint density at radius 3 is 1.43 bits per heavy atom. The lowest BCUT2D eigenvalue weighted by Crippen LogP contribution is -2.31. The van der Waals surface area contributed by atoms with E-state index in [9.17, 15) is 39.6 Å². The van der Waals surface area contributed by atoms with Crippen LogP contribution in [0.4, 0.5) is 0 Å². The normalized spacial score (nSPS) is 11.5. The predicted octanol–water partition coefficient (Wildman–Crippen LogP) is 3.11. The average molecular weight is 620 g/mol. The van der Waals surface area contributed by atoms with E-state index in [4.69, 9.17) is 0 Å². The van der Waals surface area contributed by atoms with E-state index in [0.717, 1.165) is 32.1 Å². The molecule has 244 valence electrons. The molecule has 0 aromatic rings. The Balaban J connectivity index is 3.76. The molecule has 0 aromatic heterocycles. The minimum atomic E-state index is -0.543. The van der Waals surface area contributed by atoms with E-state index >= 15 is 0 Å². The number of hydrogen-bond donors (Lipinski definition) is 5. The van der Waals surface area contributed by atoms with Crippen LogP contribution in [0.5, 0.6) is 0 Å². The SMILES string of the molecule is CSC(C)CCCCCN(O)C(=O)CCC(=O)NCCCCCN(O)C(=O)CCC(=O)NCCCCCN(O)C(C)=O. The maximum atomic E-state index is 12.0. The van der Waals surface area contributed by atoms with Crippen molar-refractivity contribution < 1.29 is 39.6 Å². The molecular weight excluding hydrogens is 566 g/mol. The molecule has 1 atom stereocenters. The second kappa shape index (κ2) is 25.1. The fraction of sp³-hybridized carbons (Fsp3) is 0.821. The van der Waals surface area contributed by atoms with Gasteiger partial charge in [-0.15, -0.1) is 0 Å². The highest BCUT2D eigenvalue weighted by molar-refractivity contribution is 7.99. The molecule has 0 fully saturated rings. The van der Waals surface area contributed by atoms with Gasteiger partial charge >= 0.3 is 0 Å². The topological polar surface area (TPSA) is 180 Å². The van der Waals surface area contributed by atoms with Crippen molar-refractivity contribution >= 4 is 41.3 Å². The van der Waals surface area contributed by atoms with E-state index in [1.54, 1.807) is 0 Å². The number of rotatable bonds is 25. The Bertz CT molecular complexity index is 804. The van der Waals surface area contributed by atoms with E-state index in [0.29, 0.717) is 65.6 Å². The monoisotopic (exact) mass is 619 g/mol. The van der Waals surface area contributed by atoms with Crippen LogP contribution in [0.3, 0.4) is 0 Å². The quantitative estimate of drug-likeness (QED) is 0.0583. The zero-order valence-corrected chi connectivity index (χ0v) is 26.5. The van der Waals surface area contributed by atoms with Crippen LogP contribution in [-0.4, -0.2) is 105 Å². The Hall–Kier alpha value is -2.42. The van der Waals surface area contributed by atoms with Gasteiger partial charge in [-0.2, -0.15) is 11.8 Å². The van der Waals surface area contributed by atoms with Crippen LogP contribution in [0, 0.1) is 0 Å². The molecule has 5 N–H and O–H groups in total. The van der Waals surface area contributed by atoms with Crippen LogP contribution in [0.1, 0.15) is 104 Å². The van der Waals surface area contributed by atoms with Crippen molar-refractivity contribution in [2.75, 3.05) is 39.0 Å². The van der Waals surface area contributed by atoms with Gasteiger partial charge in [-0.25, -0.2) is 15.2 Å². The lowest BCUT2D eigenvalue weighted by atomic mass is 10.1. The van der Waals surface area contributed by atoms with Crippen LogP contribution < -0.4 is 10.6 Å². The lowest BCUT2D eigenvalue weighted by Gasteiger charge is -2.15. The molecule has 0 radical (unpaired) electrons. The van der Waals surface area contributed by atoms with Crippen molar-refractivity contribution in [1.82, 2.24) is 25.8 Å². The second-order valence-electron chi connectivity index (χ2n) is 10.4. The minimum Gasteiger partial charge on any atom is -0.356 e. The molecule has 0 aliphatic carbocycles. The molecule has 13 nitrogen and oxygen atoms in total. The van der Waals surface area contributed by atoms with Gasteiger partial charge in [0.15, 0.2) is 0 Å². The molecule has 1 unspecified atom stereocenters. The third kappa shape index (κ3) is 22.2. The van der Waals surface area contributed by atoms with Crippen molar-refractivity contribution in [1.29, 1.82) is 0 Å². The molecule has 0 bridgehead atoms. The Morgan fingerprint density at radius 2 is 1.02 bits per heavy atom. The van der Waals surface area contributed by atoms with E-state index in [-0.39, 0.29) is 57.1 Å². The summed E-state index contributed by atoms with van der Waals surface area (Å²) < 4.78 is 0. The molecule has 0 aliphatic rings. The first kappa shape index (κ1) is 39.6.